The third-order valence-electron chi connectivity index (χ3n) is 2.93. The molecule has 106 valence electrons. The molecule has 3 rings (SSSR count). The van der Waals surface area contributed by atoms with Crippen LogP contribution in [0, 0.1) is 6.92 Å². The lowest BCUT2D eigenvalue weighted by molar-refractivity contribution is 0.102. The number of carbonyl (C=O) groups is 1. The third kappa shape index (κ3) is 2.53. The molecule has 3 N–H and O–H groups in total. The number of aryl methyl sites for hydroxylation is 1. The smallest absolute Gasteiger partial charge is 0.259 e. The molecule has 1 amide bonds. The molecule has 2 heterocycles. The SMILES string of the molecule is Cc1cc(N)c(C(=O)Nc2c(Cl)ccc3nsnc23)cn1. The summed E-state index contributed by atoms with van der Waals surface area (Å²) >= 11 is 7.19. The van der Waals surface area contributed by atoms with Gasteiger partial charge in [0.25, 0.3) is 5.91 Å². The molecular weight excluding hydrogens is 310 g/mol. The first kappa shape index (κ1) is 13.7. The van der Waals surface area contributed by atoms with E-state index in [-0.39, 0.29) is 11.5 Å². The largest absolute Gasteiger partial charge is 0.398 e. The standard InChI is InChI=1S/C13H10ClN5OS/c1-6-4-9(15)7(5-16-6)13(20)17-11-8(14)2-3-10-12(11)19-21-18-10/h2-5H,1H3,(H2,15,16)(H,17,20). The average Bonchev–Trinajstić information content (AvgIpc) is 2.90. The average molecular weight is 320 g/mol. The number of nitrogen functional groups attached to an aromatic ring is 1. The van der Waals surface area contributed by atoms with Gasteiger partial charge in [-0.05, 0) is 25.1 Å². The van der Waals surface area contributed by atoms with Gasteiger partial charge in [0.05, 0.1) is 28.0 Å². The van der Waals surface area contributed by atoms with Crippen LogP contribution in [0.25, 0.3) is 11.0 Å². The van der Waals surface area contributed by atoms with Crippen LogP contribution >= 0.6 is 23.3 Å². The molecule has 0 saturated carbocycles. The second-order valence-electron chi connectivity index (χ2n) is 4.42. The predicted octanol–water partition coefficient (Wildman–Crippen LogP) is 2.88. The molecule has 0 unspecified atom stereocenters. The van der Waals surface area contributed by atoms with Crippen molar-refractivity contribution >= 4 is 51.6 Å². The van der Waals surface area contributed by atoms with Crippen molar-refractivity contribution in [1.82, 2.24) is 13.7 Å². The Labute approximate surface area is 129 Å². The van der Waals surface area contributed by atoms with Gasteiger partial charge in [-0.15, -0.1) is 0 Å². The van der Waals surface area contributed by atoms with Crippen molar-refractivity contribution in [2.45, 2.75) is 6.92 Å². The normalized spacial score (nSPS) is 10.8. The number of rotatable bonds is 2. The van der Waals surface area contributed by atoms with Crippen LogP contribution in [-0.4, -0.2) is 19.6 Å². The van der Waals surface area contributed by atoms with Gasteiger partial charge in [0.15, 0.2) is 0 Å². The highest BCUT2D eigenvalue weighted by molar-refractivity contribution is 7.00. The predicted molar refractivity (Wildman–Crippen MR) is 83.8 cm³/mol. The second-order valence-corrected chi connectivity index (χ2v) is 5.36. The minimum absolute atomic E-state index is 0.289. The van der Waals surface area contributed by atoms with Crippen molar-refractivity contribution in [3.05, 3.63) is 40.7 Å². The van der Waals surface area contributed by atoms with E-state index in [0.29, 0.717) is 27.4 Å². The van der Waals surface area contributed by atoms with Crippen molar-refractivity contribution in [3.63, 3.8) is 0 Å². The molecule has 21 heavy (non-hydrogen) atoms. The van der Waals surface area contributed by atoms with E-state index < -0.39 is 0 Å². The molecular formula is C13H10ClN5OS. The van der Waals surface area contributed by atoms with E-state index in [2.05, 4.69) is 19.0 Å². The number of nitrogens with two attached hydrogens (primary N) is 1. The maximum atomic E-state index is 12.3. The van der Waals surface area contributed by atoms with Gasteiger partial charge in [-0.3, -0.25) is 9.78 Å². The zero-order chi connectivity index (χ0) is 15.0. The third-order valence-corrected chi connectivity index (χ3v) is 3.79. The number of carbonyl (C=O) groups excluding carboxylic acids is 1. The molecule has 8 heteroatoms. The van der Waals surface area contributed by atoms with E-state index in [1.165, 1.54) is 6.20 Å². The molecule has 0 atom stereocenters. The highest BCUT2D eigenvalue weighted by Gasteiger charge is 2.16. The molecule has 3 aromatic rings. The van der Waals surface area contributed by atoms with E-state index in [4.69, 9.17) is 17.3 Å². The highest BCUT2D eigenvalue weighted by atomic mass is 35.5. The number of pyridine rings is 1. The van der Waals surface area contributed by atoms with Crippen LogP contribution < -0.4 is 11.1 Å². The van der Waals surface area contributed by atoms with Gasteiger partial charge < -0.3 is 11.1 Å². The lowest BCUT2D eigenvalue weighted by Crippen LogP contribution is -2.15. The van der Waals surface area contributed by atoms with Crippen LogP contribution in [0.15, 0.2) is 24.4 Å². The van der Waals surface area contributed by atoms with Crippen molar-refractivity contribution < 1.29 is 4.79 Å². The topological polar surface area (TPSA) is 93.8 Å². The van der Waals surface area contributed by atoms with Gasteiger partial charge in [0, 0.05) is 17.6 Å². The van der Waals surface area contributed by atoms with Crippen LogP contribution in [-0.2, 0) is 0 Å². The molecule has 6 nitrogen and oxygen atoms in total. The fourth-order valence-electron chi connectivity index (χ4n) is 1.90. The monoisotopic (exact) mass is 319 g/mol. The summed E-state index contributed by atoms with van der Waals surface area (Å²) in [6, 6.07) is 5.05. The zero-order valence-corrected chi connectivity index (χ0v) is 12.5. The first-order chi connectivity index (χ1) is 10.1. The number of nitrogens with one attached hydrogen (secondary N) is 1. The quantitative estimate of drug-likeness (QED) is 0.757. The summed E-state index contributed by atoms with van der Waals surface area (Å²) in [4.78, 5) is 16.4. The molecule has 0 fully saturated rings. The molecule has 0 aliphatic rings. The van der Waals surface area contributed by atoms with Crippen LogP contribution in [0.2, 0.25) is 5.02 Å². The number of hydrogen-bond acceptors (Lipinski definition) is 6. The number of hydrogen-bond donors (Lipinski definition) is 2. The van der Waals surface area contributed by atoms with Crippen molar-refractivity contribution in [2.75, 3.05) is 11.1 Å². The van der Waals surface area contributed by atoms with Crippen LogP contribution in [0.3, 0.4) is 0 Å². The van der Waals surface area contributed by atoms with E-state index >= 15 is 0 Å². The van der Waals surface area contributed by atoms with Crippen LogP contribution in [0.5, 0.6) is 0 Å². The Hall–Kier alpha value is -2.25. The van der Waals surface area contributed by atoms with E-state index in [0.717, 1.165) is 17.4 Å². The Morgan fingerprint density at radius 2 is 2.19 bits per heavy atom. The first-order valence-electron chi connectivity index (χ1n) is 6.00. The maximum Gasteiger partial charge on any atom is 0.259 e. The number of halogens is 1. The van der Waals surface area contributed by atoms with Gasteiger partial charge in [-0.2, -0.15) is 8.75 Å². The molecule has 0 aliphatic carbocycles. The molecule has 1 aromatic carbocycles. The summed E-state index contributed by atoms with van der Waals surface area (Å²) in [6.07, 6.45) is 1.44. The molecule has 0 aliphatic heterocycles. The number of amides is 1. The summed E-state index contributed by atoms with van der Waals surface area (Å²) in [5, 5.41) is 3.12. The molecule has 0 spiro atoms. The van der Waals surface area contributed by atoms with Crippen molar-refractivity contribution in [1.29, 1.82) is 0 Å². The van der Waals surface area contributed by atoms with Gasteiger partial charge in [-0.25, -0.2) is 0 Å². The minimum Gasteiger partial charge on any atom is -0.398 e. The fourth-order valence-corrected chi connectivity index (χ4v) is 2.64. The van der Waals surface area contributed by atoms with Gasteiger partial charge in [-0.1, -0.05) is 11.6 Å². The van der Waals surface area contributed by atoms with Crippen LogP contribution in [0.4, 0.5) is 11.4 Å². The summed E-state index contributed by atoms with van der Waals surface area (Å²) in [5.41, 5.74) is 8.89. The Morgan fingerprint density at radius 3 is 2.95 bits per heavy atom. The number of benzene rings is 1. The number of anilines is 2. The molecule has 2 aromatic heterocycles. The lowest BCUT2D eigenvalue weighted by Gasteiger charge is -2.09. The van der Waals surface area contributed by atoms with E-state index in [1.54, 1.807) is 25.1 Å². The van der Waals surface area contributed by atoms with Crippen molar-refractivity contribution in [3.8, 4) is 0 Å². The van der Waals surface area contributed by atoms with Gasteiger partial charge >= 0.3 is 0 Å². The summed E-state index contributed by atoms with van der Waals surface area (Å²) < 4.78 is 8.26. The van der Waals surface area contributed by atoms with E-state index in [9.17, 15) is 4.79 Å². The summed E-state index contributed by atoms with van der Waals surface area (Å²) in [7, 11) is 0. The minimum atomic E-state index is -0.387. The number of fused-ring (bicyclic) bond motifs is 1. The summed E-state index contributed by atoms with van der Waals surface area (Å²) in [5.74, 6) is -0.387. The maximum absolute atomic E-state index is 12.3. The second kappa shape index (κ2) is 5.27. The summed E-state index contributed by atoms with van der Waals surface area (Å²) in [6.45, 7) is 1.80. The van der Waals surface area contributed by atoms with Gasteiger partial charge in [0.2, 0.25) is 0 Å². The Kier molecular flexibility index (Phi) is 3.44. The highest BCUT2D eigenvalue weighted by Crippen LogP contribution is 2.30. The zero-order valence-electron chi connectivity index (χ0n) is 10.9. The Morgan fingerprint density at radius 1 is 1.38 bits per heavy atom. The molecule has 0 bridgehead atoms. The van der Waals surface area contributed by atoms with Gasteiger partial charge in [0.1, 0.15) is 11.0 Å². The first-order valence-corrected chi connectivity index (χ1v) is 7.11. The fraction of sp³-hybridized carbons (Fsp3) is 0.0769. The molecule has 0 saturated heterocycles. The number of nitrogens with zero attached hydrogens (tertiary/aromatic N) is 3. The van der Waals surface area contributed by atoms with Crippen molar-refractivity contribution in [2.24, 2.45) is 0 Å². The molecule has 0 radical (unpaired) electrons. The van der Waals surface area contributed by atoms with Crippen LogP contribution in [0.1, 0.15) is 16.1 Å². The Balaban J connectivity index is 2.00. The lowest BCUT2D eigenvalue weighted by atomic mass is 10.2. The van der Waals surface area contributed by atoms with E-state index in [1.807, 2.05) is 0 Å². The number of aromatic nitrogens is 3. The Bertz CT molecular complexity index is 848.